The van der Waals surface area contributed by atoms with Crippen molar-refractivity contribution in [3.8, 4) is 0 Å². The van der Waals surface area contributed by atoms with Crippen molar-refractivity contribution >= 4 is 12.4 Å². The van der Waals surface area contributed by atoms with Crippen molar-refractivity contribution < 1.29 is 19.1 Å². The van der Waals surface area contributed by atoms with Gasteiger partial charge in [0.25, 0.3) is 6.47 Å². The quantitative estimate of drug-likeness (QED) is 0.168. The Bertz CT molecular complexity index is 440. The Morgan fingerprint density at radius 3 is 2.44 bits per heavy atom. The van der Waals surface area contributed by atoms with Crippen LogP contribution in [-0.2, 0) is 19.1 Å². The van der Waals surface area contributed by atoms with Gasteiger partial charge in [0, 0.05) is 6.08 Å². The number of esters is 1. The maximum absolute atomic E-state index is 11.3. The molecular formula is C23H40O4. The summed E-state index contributed by atoms with van der Waals surface area (Å²) in [6.07, 6.45) is 13.2. The van der Waals surface area contributed by atoms with Crippen LogP contribution in [0.1, 0.15) is 85.0 Å². The van der Waals surface area contributed by atoms with Crippen molar-refractivity contribution in [2.24, 2.45) is 23.2 Å². The number of hydrogen-bond acceptors (Lipinski definition) is 4. The summed E-state index contributed by atoms with van der Waals surface area (Å²) in [6.45, 7) is 11.6. The highest BCUT2D eigenvalue weighted by Gasteiger charge is 2.29. The third-order valence-electron chi connectivity index (χ3n) is 6.60. The molecule has 2 atom stereocenters. The molecule has 0 aromatic heterocycles. The molecule has 0 aromatic rings. The summed E-state index contributed by atoms with van der Waals surface area (Å²) in [6, 6.07) is 0. The molecule has 0 radical (unpaired) electrons. The van der Waals surface area contributed by atoms with Crippen LogP contribution in [-0.4, -0.2) is 25.7 Å². The van der Waals surface area contributed by atoms with E-state index in [0.29, 0.717) is 19.7 Å². The number of ether oxygens (including phenoxy) is 2. The van der Waals surface area contributed by atoms with Crippen LogP contribution >= 0.6 is 0 Å². The van der Waals surface area contributed by atoms with Crippen molar-refractivity contribution in [3.05, 3.63) is 12.7 Å². The van der Waals surface area contributed by atoms with Crippen LogP contribution in [0.25, 0.3) is 0 Å². The average Bonchev–Trinajstić information content (AvgIpc) is 2.67. The van der Waals surface area contributed by atoms with E-state index in [1.165, 1.54) is 51.0 Å². The largest absolute Gasteiger partial charge is 0.468 e. The second kappa shape index (κ2) is 13.0. The van der Waals surface area contributed by atoms with Gasteiger partial charge in [-0.05, 0) is 61.7 Å². The molecule has 4 nitrogen and oxygen atoms in total. The predicted molar refractivity (Wildman–Crippen MR) is 109 cm³/mol. The van der Waals surface area contributed by atoms with E-state index in [0.717, 1.165) is 37.0 Å². The van der Waals surface area contributed by atoms with Crippen LogP contribution in [0.3, 0.4) is 0 Å². The van der Waals surface area contributed by atoms with Gasteiger partial charge >= 0.3 is 5.97 Å². The van der Waals surface area contributed by atoms with Crippen LogP contribution in [0.15, 0.2) is 12.7 Å². The summed E-state index contributed by atoms with van der Waals surface area (Å²) < 4.78 is 10.1. The highest BCUT2D eigenvalue weighted by atomic mass is 16.5. The molecule has 1 aliphatic rings. The molecule has 0 saturated heterocycles. The van der Waals surface area contributed by atoms with E-state index < -0.39 is 0 Å². The lowest BCUT2D eigenvalue weighted by molar-refractivity contribution is -0.138. The maximum atomic E-state index is 11.3. The highest BCUT2D eigenvalue weighted by molar-refractivity contribution is 5.81. The number of carbonyl (C=O) groups excluding carboxylic acids is 2. The standard InChI is InChI=1S/C23H40O4/c1-5-7-20-8-10-21(11-9-20)19(3)12-13-23(4,14-16-26-18-24)15-17-27-22(25)6-2/h6,18-21H,2,5,7-17H2,1,3-4H3. The summed E-state index contributed by atoms with van der Waals surface area (Å²) in [5, 5.41) is 0. The van der Waals surface area contributed by atoms with Gasteiger partial charge in [-0.2, -0.15) is 0 Å². The summed E-state index contributed by atoms with van der Waals surface area (Å²) in [5.41, 5.74) is 0.0120. The van der Waals surface area contributed by atoms with Gasteiger partial charge in [-0.25, -0.2) is 4.79 Å². The molecule has 4 heteroatoms. The van der Waals surface area contributed by atoms with Gasteiger partial charge in [0.05, 0.1) is 13.2 Å². The summed E-state index contributed by atoms with van der Waals surface area (Å²) in [7, 11) is 0. The lowest BCUT2D eigenvalue weighted by atomic mass is 9.71. The van der Waals surface area contributed by atoms with Crippen LogP contribution in [0.5, 0.6) is 0 Å². The van der Waals surface area contributed by atoms with E-state index in [1.54, 1.807) is 0 Å². The van der Waals surface area contributed by atoms with E-state index in [4.69, 9.17) is 9.47 Å². The Hall–Kier alpha value is -1.32. The molecule has 0 spiro atoms. The zero-order valence-corrected chi connectivity index (χ0v) is 17.7. The van der Waals surface area contributed by atoms with E-state index in [1.807, 2.05) is 0 Å². The maximum Gasteiger partial charge on any atom is 0.330 e. The van der Waals surface area contributed by atoms with Gasteiger partial charge in [0.2, 0.25) is 0 Å². The molecule has 0 aliphatic heterocycles. The molecule has 0 bridgehead atoms. The Balaban J connectivity index is 2.47. The van der Waals surface area contributed by atoms with Crippen molar-refractivity contribution in [1.29, 1.82) is 0 Å². The van der Waals surface area contributed by atoms with E-state index in [2.05, 4.69) is 27.4 Å². The smallest absolute Gasteiger partial charge is 0.330 e. The van der Waals surface area contributed by atoms with Gasteiger partial charge in [-0.15, -0.1) is 0 Å². The Morgan fingerprint density at radius 1 is 1.19 bits per heavy atom. The zero-order valence-electron chi connectivity index (χ0n) is 17.7. The first-order valence-electron chi connectivity index (χ1n) is 10.8. The van der Waals surface area contributed by atoms with Gasteiger partial charge in [0.15, 0.2) is 0 Å². The normalized spacial score (nSPS) is 23.1. The number of carbonyl (C=O) groups is 2. The molecule has 1 fully saturated rings. The molecule has 1 saturated carbocycles. The Morgan fingerprint density at radius 2 is 1.85 bits per heavy atom. The van der Waals surface area contributed by atoms with Crippen molar-refractivity contribution in [2.75, 3.05) is 13.2 Å². The fraction of sp³-hybridized carbons (Fsp3) is 0.826. The van der Waals surface area contributed by atoms with Gasteiger partial charge in [0.1, 0.15) is 0 Å². The molecule has 0 N–H and O–H groups in total. The van der Waals surface area contributed by atoms with Gasteiger partial charge < -0.3 is 9.47 Å². The van der Waals surface area contributed by atoms with Crippen molar-refractivity contribution in [2.45, 2.75) is 85.0 Å². The van der Waals surface area contributed by atoms with Crippen LogP contribution < -0.4 is 0 Å². The monoisotopic (exact) mass is 380 g/mol. The third kappa shape index (κ3) is 9.44. The number of hydrogen-bond donors (Lipinski definition) is 0. The Labute approximate surface area is 166 Å². The average molecular weight is 381 g/mol. The molecule has 2 unspecified atom stereocenters. The second-order valence-corrected chi connectivity index (χ2v) is 8.73. The van der Waals surface area contributed by atoms with Crippen LogP contribution in [0, 0.1) is 23.2 Å². The summed E-state index contributed by atoms with van der Waals surface area (Å²) >= 11 is 0. The van der Waals surface area contributed by atoms with Crippen LogP contribution in [0.4, 0.5) is 0 Å². The minimum Gasteiger partial charge on any atom is -0.468 e. The van der Waals surface area contributed by atoms with Crippen molar-refractivity contribution in [1.82, 2.24) is 0 Å². The van der Waals surface area contributed by atoms with E-state index in [-0.39, 0.29) is 11.4 Å². The Kier molecular flexibility index (Phi) is 11.4. The minimum atomic E-state index is -0.376. The minimum absolute atomic E-state index is 0.0120. The first-order valence-corrected chi connectivity index (χ1v) is 10.8. The van der Waals surface area contributed by atoms with Crippen LogP contribution in [0.2, 0.25) is 0 Å². The predicted octanol–water partition coefficient (Wildman–Crippen LogP) is 5.70. The topological polar surface area (TPSA) is 52.6 Å². The number of rotatable bonds is 14. The molecular weight excluding hydrogens is 340 g/mol. The lowest BCUT2D eigenvalue weighted by Crippen LogP contribution is -2.25. The van der Waals surface area contributed by atoms with E-state index >= 15 is 0 Å². The molecule has 0 heterocycles. The molecule has 1 aliphatic carbocycles. The molecule has 0 amide bonds. The summed E-state index contributed by atoms with van der Waals surface area (Å²) in [5.74, 6) is 2.13. The molecule has 156 valence electrons. The molecule has 27 heavy (non-hydrogen) atoms. The molecule has 1 rings (SSSR count). The zero-order chi connectivity index (χ0) is 20.1. The third-order valence-corrected chi connectivity index (χ3v) is 6.60. The SMILES string of the molecule is C=CC(=O)OCCC(C)(CCOC=O)CCC(C)C1CCC(CCC)CC1. The first kappa shape index (κ1) is 23.7. The van der Waals surface area contributed by atoms with Gasteiger partial charge in [-0.1, -0.05) is 53.0 Å². The highest BCUT2D eigenvalue weighted by Crippen LogP contribution is 2.40. The van der Waals surface area contributed by atoms with Crippen molar-refractivity contribution in [3.63, 3.8) is 0 Å². The second-order valence-electron chi connectivity index (χ2n) is 8.73. The van der Waals surface area contributed by atoms with E-state index in [9.17, 15) is 9.59 Å². The van der Waals surface area contributed by atoms with Gasteiger partial charge in [-0.3, -0.25) is 4.79 Å². The fourth-order valence-electron chi connectivity index (χ4n) is 4.45. The first-order chi connectivity index (χ1) is 12.9. The lowest BCUT2D eigenvalue weighted by Gasteiger charge is -2.35. The summed E-state index contributed by atoms with van der Waals surface area (Å²) in [4.78, 5) is 21.8. The fourth-order valence-corrected chi connectivity index (χ4v) is 4.45. The molecule has 0 aromatic carbocycles.